The van der Waals surface area contributed by atoms with Crippen LogP contribution in [0.2, 0.25) is 0 Å². The number of carbonyl (C=O) groups excluding carboxylic acids is 4. The number of hydrogen-bond donors (Lipinski definition) is 6. The SMILES string of the molecule is C=C(CC(C)CCCCNC(=O)CNC(=O)CNC(=O)CNC=O)NO. The molecule has 0 aromatic heterocycles. The summed E-state index contributed by atoms with van der Waals surface area (Å²) in [5.74, 6) is -0.914. The Bertz CT molecular complexity index is 484. The van der Waals surface area contributed by atoms with Crippen molar-refractivity contribution in [2.75, 3.05) is 26.2 Å². The Balaban J connectivity index is 3.64. The Morgan fingerprint density at radius 1 is 1.00 bits per heavy atom. The maximum Gasteiger partial charge on any atom is 0.239 e. The number of amides is 4. The van der Waals surface area contributed by atoms with E-state index in [1.807, 2.05) is 5.48 Å². The average Bonchev–Trinajstić information content (AvgIpc) is 2.62. The Morgan fingerprint density at radius 2 is 1.58 bits per heavy atom. The smallest absolute Gasteiger partial charge is 0.239 e. The first-order valence-electron chi connectivity index (χ1n) is 8.44. The lowest BCUT2D eigenvalue weighted by Crippen LogP contribution is -2.43. The average molecular weight is 371 g/mol. The van der Waals surface area contributed by atoms with Gasteiger partial charge in [-0.25, -0.2) is 0 Å². The molecule has 4 amide bonds. The summed E-state index contributed by atoms with van der Waals surface area (Å²) in [7, 11) is 0. The van der Waals surface area contributed by atoms with Crippen molar-refractivity contribution < 1.29 is 24.4 Å². The third-order valence-corrected chi connectivity index (χ3v) is 3.44. The molecule has 0 saturated carbocycles. The quantitative estimate of drug-likeness (QED) is 0.121. The van der Waals surface area contributed by atoms with Gasteiger partial charge in [0.25, 0.3) is 0 Å². The molecule has 148 valence electrons. The summed E-state index contributed by atoms with van der Waals surface area (Å²) in [6, 6.07) is 0. The molecule has 0 aromatic carbocycles. The number of nitrogens with one attached hydrogen (secondary N) is 5. The van der Waals surface area contributed by atoms with E-state index >= 15 is 0 Å². The van der Waals surface area contributed by atoms with Crippen LogP contribution in [0.3, 0.4) is 0 Å². The summed E-state index contributed by atoms with van der Waals surface area (Å²) in [6.45, 7) is 5.59. The van der Waals surface area contributed by atoms with E-state index in [-0.39, 0.29) is 25.5 Å². The van der Waals surface area contributed by atoms with Crippen LogP contribution in [0.15, 0.2) is 12.3 Å². The van der Waals surface area contributed by atoms with Gasteiger partial charge >= 0.3 is 0 Å². The molecule has 0 aliphatic rings. The van der Waals surface area contributed by atoms with Gasteiger partial charge in [-0.15, -0.1) is 0 Å². The van der Waals surface area contributed by atoms with Crippen molar-refractivity contribution in [2.24, 2.45) is 5.92 Å². The largest absolute Gasteiger partial charge is 0.355 e. The molecule has 0 rings (SSSR count). The molecule has 6 N–H and O–H groups in total. The second-order valence-electron chi connectivity index (χ2n) is 5.92. The summed E-state index contributed by atoms with van der Waals surface area (Å²) < 4.78 is 0. The fourth-order valence-electron chi connectivity index (χ4n) is 2.09. The van der Waals surface area contributed by atoms with E-state index < -0.39 is 11.8 Å². The van der Waals surface area contributed by atoms with Crippen LogP contribution in [0.25, 0.3) is 0 Å². The van der Waals surface area contributed by atoms with E-state index in [9.17, 15) is 19.2 Å². The molecular formula is C16H29N5O5. The maximum absolute atomic E-state index is 11.6. The van der Waals surface area contributed by atoms with E-state index in [0.29, 0.717) is 31.0 Å². The zero-order valence-electron chi connectivity index (χ0n) is 15.1. The number of unbranched alkanes of at least 4 members (excludes halogenated alkanes) is 1. The third kappa shape index (κ3) is 13.8. The molecule has 1 unspecified atom stereocenters. The highest BCUT2D eigenvalue weighted by molar-refractivity contribution is 5.88. The molecule has 10 nitrogen and oxygen atoms in total. The number of carbonyl (C=O) groups is 4. The van der Waals surface area contributed by atoms with Crippen molar-refractivity contribution in [3.05, 3.63) is 12.3 Å². The number of hydrogen-bond acceptors (Lipinski definition) is 6. The van der Waals surface area contributed by atoms with Crippen molar-refractivity contribution in [2.45, 2.75) is 32.6 Å². The third-order valence-electron chi connectivity index (χ3n) is 3.44. The number of allylic oxidation sites excluding steroid dienone is 1. The van der Waals surface area contributed by atoms with Gasteiger partial charge in [0.2, 0.25) is 24.1 Å². The minimum absolute atomic E-state index is 0.167. The monoisotopic (exact) mass is 371 g/mol. The Labute approximate surface area is 153 Å². The van der Waals surface area contributed by atoms with E-state index in [1.54, 1.807) is 0 Å². The van der Waals surface area contributed by atoms with Gasteiger partial charge in [0.1, 0.15) is 0 Å². The van der Waals surface area contributed by atoms with Crippen LogP contribution in [0, 0.1) is 5.92 Å². The molecule has 0 bridgehead atoms. The van der Waals surface area contributed by atoms with E-state index in [4.69, 9.17) is 5.21 Å². The zero-order valence-corrected chi connectivity index (χ0v) is 15.1. The lowest BCUT2D eigenvalue weighted by molar-refractivity contribution is -0.127. The van der Waals surface area contributed by atoms with Crippen LogP contribution in [0.4, 0.5) is 0 Å². The van der Waals surface area contributed by atoms with Crippen LogP contribution in [0.1, 0.15) is 32.6 Å². The Hall–Kier alpha value is -2.62. The summed E-state index contributed by atoms with van der Waals surface area (Å²) in [5, 5.41) is 18.2. The molecule has 0 aliphatic carbocycles. The molecular weight excluding hydrogens is 342 g/mol. The topological polar surface area (TPSA) is 149 Å². The summed E-state index contributed by atoms with van der Waals surface area (Å²) >= 11 is 0. The predicted octanol–water partition coefficient (Wildman–Crippen LogP) is -1.23. The van der Waals surface area contributed by atoms with Gasteiger partial charge in [-0.3, -0.25) is 29.9 Å². The first-order chi connectivity index (χ1) is 12.4. The van der Waals surface area contributed by atoms with E-state index in [0.717, 1.165) is 19.3 Å². The van der Waals surface area contributed by atoms with Gasteiger partial charge in [-0.2, -0.15) is 0 Å². The van der Waals surface area contributed by atoms with Crippen molar-refractivity contribution in [3.63, 3.8) is 0 Å². The Kier molecular flexibility index (Phi) is 13.2. The van der Waals surface area contributed by atoms with E-state index in [2.05, 4.69) is 34.8 Å². The lowest BCUT2D eigenvalue weighted by Gasteiger charge is -2.12. The molecule has 0 aromatic rings. The summed E-state index contributed by atoms with van der Waals surface area (Å²) in [6.07, 6.45) is 3.76. The molecule has 0 heterocycles. The zero-order chi connectivity index (χ0) is 19.8. The van der Waals surface area contributed by atoms with Crippen molar-refractivity contribution in [1.82, 2.24) is 26.7 Å². The van der Waals surface area contributed by atoms with Crippen LogP contribution in [-0.2, 0) is 19.2 Å². The van der Waals surface area contributed by atoms with Gasteiger partial charge < -0.3 is 21.3 Å². The van der Waals surface area contributed by atoms with Crippen LogP contribution in [0.5, 0.6) is 0 Å². The van der Waals surface area contributed by atoms with Crippen molar-refractivity contribution >= 4 is 24.1 Å². The molecule has 0 aliphatic heterocycles. The number of hydroxylamine groups is 1. The van der Waals surface area contributed by atoms with Crippen LogP contribution < -0.4 is 26.7 Å². The van der Waals surface area contributed by atoms with E-state index in [1.165, 1.54) is 0 Å². The summed E-state index contributed by atoms with van der Waals surface area (Å²) in [5.41, 5.74) is 2.61. The first kappa shape index (κ1) is 23.4. The highest BCUT2D eigenvalue weighted by Crippen LogP contribution is 2.14. The summed E-state index contributed by atoms with van der Waals surface area (Å²) in [4.78, 5) is 44.2. The molecule has 26 heavy (non-hydrogen) atoms. The minimum Gasteiger partial charge on any atom is -0.355 e. The van der Waals surface area contributed by atoms with Crippen molar-refractivity contribution in [1.29, 1.82) is 0 Å². The highest BCUT2D eigenvalue weighted by atomic mass is 16.5. The lowest BCUT2D eigenvalue weighted by atomic mass is 9.99. The van der Waals surface area contributed by atoms with Gasteiger partial charge in [0.05, 0.1) is 19.6 Å². The van der Waals surface area contributed by atoms with Crippen molar-refractivity contribution in [3.8, 4) is 0 Å². The first-order valence-corrected chi connectivity index (χ1v) is 8.44. The second-order valence-corrected chi connectivity index (χ2v) is 5.92. The van der Waals surface area contributed by atoms with Gasteiger partial charge in [-0.1, -0.05) is 26.3 Å². The fourth-order valence-corrected chi connectivity index (χ4v) is 2.09. The Morgan fingerprint density at radius 3 is 2.15 bits per heavy atom. The predicted molar refractivity (Wildman–Crippen MR) is 94.8 cm³/mol. The molecule has 10 heteroatoms. The fraction of sp³-hybridized carbons (Fsp3) is 0.625. The van der Waals surface area contributed by atoms with Gasteiger partial charge in [0, 0.05) is 12.2 Å². The number of rotatable bonds is 15. The second kappa shape index (κ2) is 14.7. The molecule has 0 fully saturated rings. The molecule has 0 spiro atoms. The van der Waals surface area contributed by atoms with Gasteiger partial charge in [0.15, 0.2) is 0 Å². The van der Waals surface area contributed by atoms with Crippen LogP contribution >= 0.6 is 0 Å². The molecule has 0 saturated heterocycles. The van der Waals surface area contributed by atoms with Gasteiger partial charge in [-0.05, 0) is 18.8 Å². The standard InChI is InChI=1S/C16H29N5O5/c1-12(7-13(2)21-26)5-3-4-6-18-15(24)9-20-16(25)10-19-14(23)8-17-11-22/h11-12,21,26H,2-10H2,1H3,(H,17,22)(H,18,24)(H,19,23)(H,20,25). The normalized spacial score (nSPS) is 11.0. The highest BCUT2D eigenvalue weighted by Gasteiger charge is 2.08. The maximum atomic E-state index is 11.6. The molecule has 0 radical (unpaired) electrons. The van der Waals surface area contributed by atoms with Crippen LogP contribution in [-0.4, -0.2) is 55.5 Å². The molecule has 1 atom stereocenters. The minimum atomic E-state index is -0.496.